The van der Waals surface area contributed by atoms with Crippen LogP contribution in [0.2, 0.25) is 0 Å². The number of hydrogen-bond acceptors (Lipinski definition) is 2. The highest BCUT2D eigenvalue weighted by molar-refractivity contribution is 5.81. The fourth-order valence-electron chi connectivity index (χ4n) is 2.62. The van der Waals surface area contributed by atoms with Gasteiger partial charge in [0.1, 0.15) is 5.75 Å². The number of aromatic nitrogens is 1. The van der Waals surface area contributed by atoms with Crippen molar-refractivity contribution in [2.75, 3.05) is 13.7 Å². The summed E-state index contributed by atoms with van der Waals surface area (Å²) in [7, 11) is 1.71. The highest BCUT2D eigenvalue weighted by Gasteiger charge is 2.05. The standard InChI is InChI=1S/C18H28N2O/c1-14(2)5-6-15(3)19-10-12-20-11-9-16-13-17(21-4)7-8-18(16)20/h7-9,11,13-15,19H,5-6,10,12H2,1-4H3. The van der Waals surface area contributed by atoms with Crippen molar-refractivity contribution in [2.45, 2.75) is 46.2 Å². The van der Waals surface area contributed by atoms with E-state index in [9.17, 15) is 0 Å². The van der Waals surface area contributed by atoms with E-state index in [0.29, 0.717) is 6.04 Å². The van der Waals surface area contributed by atoms with Crippen molar-refractivity contribution in [3.63, 3.8) is 0 Å². The van der Waals surface area contributed by atoms with E-state index >= 15 is 0 Å². The lowest BCUT2D eigenvalue weighted by Gasteiger charge is -2.15. The summed E-state index contributed by atoms with van der Waals surface area (Å²) in [6, 6.07) is 8.99. The van der Waals surface area contributed by atoms with Crippen molar-refractivity contribution in [1.82, 2.24) is 9.88 Å². The zero-order valence-corrected chi connectivity index (χ0v) is 13.7. The van der Waals surface area contributed by atoms with E-state index in [0.717, 1.165) is 24.8 Å². The lowest BCUT2D eigenvalue weighted by Crippen LogP contribution is -2.29. The fraction of sp³-hybridized carbons (Fsp3) is 0.556. The number of ether oxygens (including phenoxy) is 1. The first-order valence-corrected chi connectivity index (χ1v) is 7.96. The normalized spacial score (nSPS) is 13.0. The summed E-state index contributed by atoms with van der Waals surface area (Å²) in [6.45, 7) is 8.86. The van der Waals surface area contributed by atoms with Gasteiger partial charge in [0.15, 0.2) is 0 Å². The zero-order valence-electron chi connectivity index (χ0n) is 13.7. The first kappa shape index (κ1) is 15.9. The van der Waals surface area contributed by atoms with Gasteiger partial charge in [-0.15, -0.1) is 0 Å². The minimum absolute atomic E-state index is 0.592. The average molecular weight is 288 g/mol. The Kier molecular flexibility index (Phi) is 5.68. The summed E-state index contributed by atoms with van der Waals surface area (Å²) in [5.74, 6) is 1.71. The molecule has 1 unspecified atom stereocenters. The molecule has 0 bridgehead atoms. The van der Waals surface area contributed by atoms with Crippen LogP contribution in [0.15, 0.2) is 30.5 Å². The van der Waals surface area contributed by atoms with Crippen LogP contribution in [0.4, 0.5) is 0 Å². The first-order chi connectivity index (χ1) is 10.1. The number of nitrogens with zero attached hydrogens (tertiary/aromatic N) is 1. The Labute approximate surface area is 128 Å². The molecule has 0 radical (unpaired) electrons. The van der Waals surface area contributed by atoms with Crippen LogP contribution in [-0.2, 0) is 6.54 Å². The van der Waals surface area contributed by atoms with Crippen molar-refractivity contribution in [1.29, 1.82) is 0 Å². The van der Waals surface area contributed by atoms with Gasteiger partial charge in [0.2, 0.25) is 0 Å². The zero-order chi connectivity index (χ0) is 15.2. The summed E-state index contributed by atoms with van der Waals surface area (Å²) in [5, 5.41) is 4.86. The van der Waals surface area contributed by atoms with E-state index in [2.05, 4.69) is 55.1 Å². The molecule has 1 aromatic carbocycles. The quantitative estimate of drug-likeness (QED) is 0.792. The largest absolute Gasteiger partial charge is 0.497 e. The van der Waals surface area contributed by atoms with Gasteiger partial charge < -0.3 is 14.6 Å². The van der Waals surface area contributed by atoms with Gasteiger partial charge in [-0.2, -0.15) is 0 Å². The topological polar surface area (TPSA) is 26.2 Å². The van der Waals surface area contributed by atoms with Crippen LogP contribution >= 0.6 is 0 Å². The molecule has 1 aromatic heterocycles. The average Bonchev–Trinajstić information content (AvgIpc) is 2.87. The minimum Gasteiger partial charge on any atom is -0.497 e. The maximum absolute atomic E-state index is 5.27. The highest BCUT2D eigenvalue weighted by Crippen LogP contribution is 2.21. The van der Waals surface area contributed by atoms with Crippen molar-refractivity contribution < 1.29 is 4.74 Å². The number of hydrogen-bond donors (Lipinski definition) is 1. The molecule has 0 aliphatic heterocycles. The second-order valence-corrected chi connectivity index (χ2v) is 6.26. The molecule has 1 heterocycles. The molecule has 21 heavy (non-hydrogen) atoms. The lowest BCUT2D eigenvalue weighted by atomic mass is 10.0. The third-order valence-electron chi connectivity index (χ3n) is 4.00. The van der Waals surface area contributed by atoms with Gasteiger partial charge in [0.05, 0.1) is 7.11 Å². The van der Waals surface area contributed by atoms with Gasteiger partial charge in [-0.25, -0.2) is 0 Å². The van der Waals surface area contributed by atoms with Crippen LogP contribution in [0.5, 0.6) is 5.75 Å². The van der Waals surface area contributed by atoms with Crippen LogP contribution in [0.3, 0.4) is 0 Å². The summed E-state index contributed by atoms with van der Waals surface area (Å²) >= 11 is 0. The summed E-state index contributed by atoms with van der Waals surface area (Å²) in [6.07, 6.45) is 4.70. The molecular weight excluding hydrogens is 260 g/mol. The third kappa shape index (κ3) is 4.50. The second kappa shape index (κ2) is 7.51. The molecule has 0 spiro atoms. The van der Waals surface area contributed by atoms with Crippen molar-refractivity contribution in [2.24, 2.45) is 5.92 Å². The Balaban J connectivity index is 1.86. The summed E-state index contributed by atoms with van der Waals surface area (Å²) < 4.78 is 7.57. The molecule has 0 aliphatic carbocycles. The van der Waals surface area contributed by atoms with E-state index in [1.54, 1.807) is 7.11 Å². The monoisotopic (exact) mass is 288 g/mol. The Morgan fingerprint density at radius 2 is 1.95 bits per heavy atom. The number of rotatable bonds is 8. The van der Waals surface area contributed by atoms with E-state index in [4.69, 9.17) is 4.74 Å². The third-order valence-corrected chi connectivity index (χ3v) is 4.00. The maximum atomic E-state index is 5.27. The maximum Gasteiger partial charge on any atom is 0.119 e. The van der Waals surface area contributed by atoms with Crippen molar-refractivity contribution in [3.05, 3.63) is 30.5 Å². The molecule has 2 aromatic rings. The van der Waals surface area contributed by atoms with Gasteiger partial charge >= 0.3 is 0 Å². The molecule has 2 rings (SSSR count). The molecule has 0 saturated heterocycles. The molecule has 0 saturated carbocycles. The molecular formula is C18H28N2O. The molecule has 0 fully saturated rings. The van der Waals surface area contributed by atoms with E-state index in [1.165, 1.54) is 23.7 Å². The Bertz CT molecular complexity index is 559. The predicted octanol–water partition coefficient (Wildman–Crippen LogP) is 4.06. The summed E-state index contributed by atoms with van der Waals surface area (Å²) in [5.41, 5.74) is 1.27. The van der Waals surface area contributed by atoms with Crippen molar-refractivity contribution >= 4 is 10.9 Å². The van der Waals surface area contributed by atoms with E-state index < -0.39 is 0 Å². The van der Waals surface area contributed by atoms with Crippen LogP contribution in [-0.4, -0.2) is 24.3 Å². The predicted molar refractivity (Wildman–Crippen MR) is 90.0 cm³/mol. The number of fused-ring (bicyclic) bond motifs is 1. The summed E-state index contributed by atoms with van der Waals surface area (Å²) in [4.78, 5) is 0. The molecule has 0 aliphatic rings. The number of nitrogens with one attached hydrogen (secondary N) is 1. The Hall–Kier alpha value is -1.48. The number of methoxy groups -OCH3 is 1. The van der Waals surface area contributed by atoms with Crippen LogP contribution in [0.1, 0.15) is 33.6 Å². The van der Waals surface area contributed by atoms with Crippen LogP contribution in [0, 0.1) is 5.92 Å². The SMILES string of the molecule is COc1ccc2c(ccn2CCNC(C)CCC(C)C)c1. The molecule has 0 amide bonds. The second-order valence-electron chi connectivity index (χ2n) is 6.26. The molecule has 3 nitrogen and oxygen atoms in total. The van der Waals surface area contributed by atoms with Crippen LogP contribution in [0.25, 0.3) is 10.9 Å². The fourth-order valence-corrected chi connectivity index (χ4v) is 2.62. The van der Waals surface area contributed by atoms with Gasteiger partial charge in [-0.3, -0.25) is 0 Å². The van der Waals surface area contributed by atoms with E-state index in [1.807, 2.05) is 6.07 Å². The Morgan fingerprint density at radius 3 is 2.67 bits per heavy atom. The Morgan fingerprint density at radius 1 is 1.14 bits per heavy atom. The highest BCUT2D eigenvalue weighted by atomic mass is 16.5. The first-order valence-electron chi connectivity index (χ1n) is 7.96. The smallest absolute Gasteiger partial charge is 0.119 e. The van der Waals surface area contributed by atoms with Gasteiger partial charge in [0.25, 0.3) is 0 Å². The molecule has 1 N–H and O–H groups in total. The van der Waals surface area contributed by atoms with Crippen molar-refractivity contribution in [3.8, 4) is 5.75 Å². The van der Waals surface area contributed by atoms with Crippen LogP contribution < -0.4 is 10.1 Å². The van der Waals surface area contributed by atoms with Gasteiger partial charge in [0, 0.05) is 36.2 Å². The van der Waals surface area contributed by atoms with E-state index in [-0.39, 0.29) is 0 Å². The lowest BCUT2D eigenvalue weighted by molar-refractivity contribution is 0.415. The number of benzene rings is 1. The molecule has 3 heteroatoms. The van der Waals surface area contributed by atoms with Gasteiger partial charge in [-0.1, -0.05) is 13.8 Å². The van der Waals surface area contributed by atoms with Gasteiger partial charge in [-0.05, 0) is 49.9 Å². The molecule has 1 atom stereocenters. The molecule has 116 valence electrons. The minimum atomic E-state index is 0.592.